The summed E-state index contributed by atoms with van der Waals surface area (Å²) in [5.41, 5.74) is -0.345. The van der Waals surface area contributed by atoms with Crippen LogP contribution in [0.5, 0.6) is 0 Å². The lowest BCUT2D eigenvalue weighted by Gasteiger charge is -2.30. The van der Waals surface area contributed by atoms with E-state index in [2.05, 4.69) is 5.32 Å². The van der Waals surface area contributed by atoms with Crippen molar-refractivity contribution in [3.05, 3.63) is 35.6 Å². The van der Waals surface area contributed by atoms with Crippen molar-refractivity contribution in [1.29, 1.82) is 0 Å². The van der Waals surface area contributed by atoms with Crippen LogP contribution in [-0.2, 0) is 10.2 Å². The number of halogens is 1. The second kappa shape index (κ2) is 5.92. The van der Waals surface area contributed by atoms with Crippen LogP contribution in [0.3, 0.4) is 0 Å². The van der Waals surface area contributed by atoms with Crippen LogP contribution in [0.1, 0.15) is 25.8 Å². The average Bonchev–Trinajstić information content (AvgIpc) is 2.87. The van der Waals surface area contributed by atoms with E-state index in [0.717, 1.165) is 26.1 Å². The highest BCUT2D eigenvalue weighted by Gasteiger charge is 2.38. The van der Waals surface area contributed by atoms with Gasteiger partial charge in [0.25, 0.3) is 0 Å². The lowest BCUT2D eigenvalue weighted by atomic mass is 9.83. The summed E-state index contributed by atoms with van der Waals surface area (Å²) in [6, 6.07) is 6.55. The van der Waals surface area contributed by atoms with Crippen LogP contribution in [-0.4, -0.2) is 37.5 Å². The third-order valence-corrected chi connectivity index (χ3v) is 4.15. The molecule has 0 saturated carbocycles. The molecule has 1 N–H and O–H groups in total. The van der Waals surface area contributed by atoms with Crippen molar-refractivity contribution in [2.45, 2.75) is 25.7 Å². The summed E-state index contributed by atoms with van der Waals surface area (Å²) in [5, 5.41) is 3.15. The van der Waals surface area contributed by atoms with E-state index in [1.807, 2.05) is 11.9 Å². The number of hydrogen-bond acceptors (Lipinski definition) is 2. The number of benzene rings is 1. The molecule has 0 aliphatic carbocycles. The number of amides is 1. The molecule has 0 radical (unpaired) electrons. The number of nitrogens with zero attached hydrogens (tertiary/aromatic N) is 1. The third kappa shape index (κ3) is 2.85. The highest BCUT2D eigenvalue weighted by molar-refractivity contribution is 5.87. The lowest BCUT2D eigenvalue weighted by molar-refractivity contribution is -0.135. The molecule has 110 valence electrons. The number of nitrogens with one attached hydrogen (secondary N) is 1. The Kier molecular flexibility index (Phi) is 4.43. The smallest absolute Gasteiger partial charge is 0.232 e. The van der Waals surface area contributed by atoms with Gasteiger partial charge < -0.3 is 10.2 Å². The maximum absolute atomic E-state index is 13.9. The third-order valence-electron chi connectivity index (χ3n) is 4.15. The molecule has 1 aliphatic rings. The zero-order valence-corrected chi connectivity index (χ0v) is 12.4. The molecule has 1 saturated heterocycles. The van der Waals surface area contributed by atoms with E-state index < -0.39 is 5.41 Å². The second-order valence-corrected chi connectivity index (χ2v) is 6.07. The topological polar surface area (TPSA) is 32.3 Å². The largest absolute Gasteiger partial charge is 0.342 e. The molecule has 1 amide bonds. The fourth-order valence-corrected chi connectivity index (χ4v) is 2.95. The van der Waals surface area contributed by atoms with Crippen molar-refractivity contribution >= 4 is 5.91 Å². The summed E-state index contributed by atoms with van der Waals surface area (Å²) in [6.07, 6.45) is 1.01. The molecule has 1 fully saturated rings. The molecule has 0 spiro atoms. The van der Waals surface area contributed by atoms with E-state index in [1.54, 1.807) is 32.0 Å². The normalized spacial score (nSPS) is 19.4. The Morgan fingerprint density at radius 3 is 2.80 bits per heavy atom. The molecule has 20 heavy (non-hydrogen) atoms. The average molecular weight is 278 g/mol. The fourth-order valence-electron chi connectivity index (χ4n) is 2.95. The van der Waals surface area contributed by atoms with Crippen LogP contribution in [0.25, 0.3) is 0 Å². The Labute approximate surface area is 120 Å². The minimum Gasteiger partial charge on any atom is -0.342 e. The summed E-state index contributed by atoms with van der Waals surface area (Å²) < 4.78 is 13.9. The molecule has 1 aliphatic heterocycles. The van der Waals surface area contributed by atoms with E-state index in [9.17, 15) is 9.18 Å². The van der Waals surface area contributed by atoms with Gasteiger partial charge in [0.2, 0.25) is 5.91 Å². The van der Waals surface area contributed by atoms with Gasteiger partial charge in [0.05, 0.1) is 5.41 Å². The summed E-state index contributed by atoms with van der Waals surface area (Å²) in [7, 11) is 1.92. The summed E-state index contributed by atoms with van der Waals surface area (Å²) in [5.74, 6) is 0.207. The number of hydrogen-bond donors (Lipinski definition) is 1. The number of rotatable bonds is 4. The Morgan fingerprint density at radius 1 is 1.45 bits per heavy atom. The van der Waals surface area contributed by atoms with E-state index in [-0.39, 0.29) is 11.7 Å². The van der Waals surface area contributed by atoms with Gasteiger partial charge in [0.1, 0.15) is 5.82 Å². The standard InChI is InChI=1S/C16H23FN2O/c1-16(2,13-6-4-5-7-14(13)17)15(20)19-9-8-12(11-19)10-18-3/h4-7,12,18H,8-11H2,1-3H3. The molecule has 1 aromatic rings. The van der Waals surface area contributed by atoms with Gasteiger partial charge in [-0.3, -0.25) is 4.79 Å². The van der Waals surface area contributed by atoms with Crippen LogP contribution in [0.4, 0.5) is 4.39 Å². The minimum absolute atomic E-state index is 0.0150. The maximum Gasteiger partial charge on any atom is 0.232 e. The number of carbonyl (C=O) groups excluding carboxylic acids is 1. The lowest BCUT2D eigenvalue weighted by Crippen LogP contribution is -2.43. The van der Waals surface area contributed by atoms with E-state index in [1.165, 1.54) is 6.07 Å². The molecule has 1 aromatic carbocycles. The summed E-state index contributed by atoms with van der Waals surface area (Å²) in [4.78, 5) is 14.6. The molecule has 2 rings (SSSR count). The molecule has 1 atom stereocenters. The first-order chi connectivity index (χ1) is 9.46. The number of carbonyl (C=O) groups is 1. The van der Waals surface area contributed by atoms with Gasteiger partial charge in [-0.2, -0.15) is 0 Å². The van der Waals surface area contributed by atoms with Crippen molar-refractivity contribution in [3.63, 3.8) is 0 Å². The predicted octanol–water partition coefficient (Wildman–Crippen LogP) is 2.17. The Bertz CT molecular complexity index is 487. The zero-order valence-electron chi connectivity index (χ0n) is 12.4. The first-order valence-electron chi connectivity index (χ1n) is 7.15. The summed E-state index contributed by atoms with van der Waals surface area (Å²) in [6.45, 7) is 6.06. The first-order valence-corrected chi connectivity index (χ1v) is 7.15. The van der Waals surface area contributed by atoms with Crippen LogP contribution in [0.15, 0.2) is 24.3 Å². The Balaban J connectivity index is 2.14. The van der Waals surface area contributed by atoms with E-state index in [0.29, 0.717) is 11.5 Å². The molecule has 0 aromatic heterocycles. The van der Waals surface area contributed by atoms with Crippen molar-refractivity contribution in [2.24, 2.45) is 5.92 Å². The molecule has 1 heterocycles. The van der Waals surface area contributed by atoms with Crippen LogP contribution < -0.4 is 5.32 Å². The van der Waals surface area contributed by atoms with Crippen LogP contribution in [0, 0.1) is 11.7 Å². The SMILES string of the molecule is CNCC1CCN(C(=O)C(C)(C)c2ccccc2F)C1. The number of likely N-dealkylation sites (tertiary alicyclic amines) is 1. The van der Waals surface area contributed by atoms with Gasteiger partial charge in [0.15, 0.2) is 0 Å². The van der Waals surface area contributed by atoms with Crippen molar-refractivity contribution < 1.29 is 9.18 Å². The molecule has 4 heteroatoms. The maximum atomic E-state index is 13.9. The van der Waals surface area contributed by atoms with Gasteiger partial charge in [-0.15, -0.1) is 0 Å². The second-order valence-electron chi connectivity index (χ2n) is 6.07. The minimum atomic E-state index is -0.820. The highest BCUT2D eigenvalue weighted by atomic mass is 19.1. The molecule has 0 bridgehead atoms. The molecular weight excluding hydrogens is 255 g/mol. The van der Waals surface area contributed by atoms with Crippen molar-refractivity contribution in [3.8, 4) is 0 Å². The van der Waals surface area contributed by atoms with Crippen molar-refractivity contribution in [1.82, 2.24) is 10.2 Å². The predicted molar refractivity (Wildman–Crippen MR) is 78.0 cm³/mol. The van der Waals surface area contributed by atoms with Gasteiger partial charge >= 0.3 is 0 Å². The Hall–Kier alpha value is -1.42. The van der Waals surface area contributed by atoms with Crippen molar-refractivity contribution in [2.75, 3.05) is 26.7 Å². The zero-order chi connectivity index (χ0) is 14.8. The Morgan fingerprint density at radius 2 is 2.15 bits per heavy atom. The van der Waals surface area contributed by atoms with Gasteiger partial charge in [-0.05, 0) is 45.8 Å². The molecule has 1 unspecified atom stereocenters. The van der Waals surface area contributed by atoms with E-state index >= 15 is 0 Å². The summed E-state index contributed by atoms with van der Waals surface area (Å²) >= 11 is 0. The van der Waals surface area contributed by atoms with Gasteiger partial charge in [-0.25, -0.2) is 4.39 Å². The molecule has 3 nitrogen and oxygen atoms in total. The van der Waals surface area contributed by atoms with Crippen LogP contribution in [0.2, 0.25) is 0 Å². The molecular formula is C16H23FN2O. The monoisotopic (exact) mass is 278 g/mol. The van der Waals surface area contributed by atoms with Crippen LogP contribution >= 0.6 is 0 Å². The fraction of sp³-hybridized carbons (Fsp3) is 0.562. The first kappa shape index (κ1) is 15.0. The quantitative estimate of drug-likeness (QED) is 0.915. The van der Waals surface area contributed by atoms with Gasteiger partial charge in [0, 0.05) is 18.7 Å². The van der Waals surface area contributed by atoms with Gasteiger partial charge in [-0.1, -0.05) is 18.2 Å². The van der Waals surface area contributed by atoms with E-state index in [4.69, 9.17) is 0 Å². The highest BCUT2D eigenvalue weighted by Crippen LogP contribution is 2.30.